The van der Waals surface area contributed by atoms with Crippen molar-refractivity contribution >= 4 is 23.7 Å². The average molecular weight is 344 g/mol. The van der Waals surface area contributed by atoms with Gasteiger partial charge in [-0.15, -0.1) is 0 Å². The van der Waals surface area contributed by atoms with Gasteiger partial charge >= 0.3 is 11.9 Å². The maximum absolute atomic E-state index is 11.6. The summed E-state index contributed by atoms with van der Waals surface area (Å²) in [4.78, 5) is 21.8. The molecule has 1 N–H and O–H groups in total. The van der Waals surface area contributed by atoms with Gasteiger partial charge in [0.1, 0.15) is 6.61 Å². The molecule has 24 heavy (non-hydrogen) atoms. The number of carbonyl (C=O) groups is 2. The van der Waals surface area contributed by atoms with Crippen LogP contribution in [0.15, 0.2) is 60.7 Å². The molecule has 1 saturated heterocycles. The van der Waals surface area contributed by atoms with Crippen LogP contribution >= 0.6 is 11.8 Å². The summed E-state index contributed by atoms with van der Waals surface area (Å²) < 4.78 is 5.25. The van der Waals surface area contributed by atoms with Gasteiger partial charge in [-0.3, -0.25) is 0 Å². The Morgan fingerprint density at radius 3 is 2.04 bits per heavy atom. The quantitative estimate of drug-likeness (QED) is 0.845. The highest BCUT2D eigenvalue weighted by molar-refractivity contribution is 8.00. The Morgan fingerprint density at radius 1 is 1.00 bits per heavy atom. The van der Waals surface area contributed by atoms with Crippen LogP contribution in [0.3, 0.4) is 0 Å². The highest BCUT2D eigenvalue weighted by atomic mass is 32.2. The van der Waals surface area contributed by atoms with Gasteiger partial charge in [-0.25, -0.2) is 9.59 Å². The van der Waals surface area contributed by atoms with E-state index < -0.39 is 5.97 Å². The molecule has 1 atom stereocenters. The van der Waals surface area contributed by atoms with Crippen molar-refractivity contribution in [3.05, 3.63) is 71.8 Å². The van der Waals surface area contributed by atoms with Crippen LogP contribution in [0.25, 0.3) is 0 Å². The van der Waals surface area contributed by atoms with Gasteiger partial charge in [0.05, 0.1) is 11.1 Å². The number of carboxylic acid groups (broad SMARTS) is 1. The van der Waals surface area contributed by atoms with E-state index in [1.807, 2.05) is 30.0 Å². The zero-order valence-electron chi connectivity index (χ0n) is 13.3. The second-order valence-corrected chi connectivity index (χ2v) is 6.68. The number of ether oxygens (including phenoxy) is 1. The first-order valence-corrected chi connectivity index (χ1v) is 8.84. The lowest BCUT2D eigenvalue weighted by Gasteiger charge is -2.09. The lowest BCUT2D eigenvalue weighted by molar-refractivity contribution is 0.0505. The number of carboxylic acids is 1. The zero-order valence-corrected chi connectivity index (χ0v) is 14.1. The van der Waals surface area contributed by atoms with Gasteiger partial charge < -0.3 is 9.84 Å². The topological polar surface area (TPSA) is 63.6 Å². The van der Waals surface area contributed by atoms with Gasteiger partial charge in [-0.1, -0.05) is 36.4 Å². The molecule has 0 radical (unpaired) electrons. The molecule has 1 aliphatic heterocycles. The van der Waals surface area contributed by atoms with E-state index in [0.29, 0.717) is 23.0 Å². The Labute approximate surface area is 145 Å². The predicted molar refractivity (Wildman–Crippen MR) is 95.6 cm³/mol. The van der Waals surface area contributed by atoms with Gasteiger partial charge in [0, 0.05) is 5.25 Å². The van der Waals surface area contributed by atoms with Crippen molar-refractivity contribution in [2.24, 2.45) is 0 Å². The van der Waals surface area contributed by atoms with Crippen LogP contribution < -0.4 is 0 Å². The number of carbonyl (C=O) groups excluding carboxylic acids is 1. The second kappa shape index (κ2) is 9.78. The average Bonchev–Trinajstić information content (AvgIpc) is 3.15. The standard InChI is InChI=1S/C12H14O2S.C7H6O2/c13-12(10-5-2-1-3-6-10)14-9-11-7-4-8-15-11;8-7(9)6-4-2-1-3-5-6/h1-3,5-6,11H,4,7-9H2;1-5H,(H,8,9)/t11-;/m1./s1. The summed E-state index contributed by atoms with van der Waals surface area (Å²) in [5.41, 5.74) is 0.970. The normalized spacial score (nSPS) is 15.9. The van der Waals surface area contributed by atoms with Crippen LogP contribution in [-0.4, -0.2) is 34.7 Å². The summed E-state index contributed by atoms with van der Waals surface area (Å²) >= 11 is 1.90. The first-order chi connectivity index (χ1) is 11.7. The van der Waals surface area contributed by atoms with E-state index in [1.165, 1.54) is 18.6 Å². The van der Waals surface area contributed by atoms with Crippen molar-refractivity contribution in [1.29, 1.82) is 0 Å². The fourth-order valence-electron chi connectivity index (χ4n) is 2.18. The van der Waals surface area contributed by atoms with Gasteiger partial charge in [0.15, 0.2) is 0 Å². The van der Waals surface area contributed by atoms with E-state index in [4.69, 9.17) is 9.84 Å². The zero-order chi connectivity index (χ0) is 17.2. The molecule has 0 bridgehead atoms. The van der Waals surface area contributed by atoms with Crippen molar-refractivity contribution in [1.82, 2.24) is 0 Å². The third-order valence-electron chi connectivity index (χ3n) is 3.45. The molecule has 4 nitrogen and oxygen atoms in total. The molecule has 5 heteroatoms. The molecule has 0 aliphatic carbocycles. The maximum Gasteiger partial charge on any atom is 0.338 e. The lowest BCUT2D eigenvalue weighted by atomic mass is 10.2. The molecule has 1 aliphatic rings. The summed E-state index contributed by atoms with van der Waals surface area (Å²) in [5, 5.41) is 8.90. The SMILES string of the molecule is O=C(O)c1ccccc1.O=C(OC[C@H]1CCCS1)c1ccccc1. The van der Waals surface area contributed by atoms with E-state index in [2.05, 4.69) is 0 Å². The molecular formula is C19H20O4S. The molecule has 2 aromatic carbocycles. The van der Waals surface area contributed by atoms with Gasteiger partial charge in [-0.2, -0.15) is 11.8 Å². The number of thioether (sulfide) groups is 1. The summed E-state index contributed by atoms with van der Waals surface area (Å²) in [7, 11) is 0. The summed E-state index contributed by atoms with van der Waals surface area (Å²) in [6.45, 7) is 0.554. The van der Waals surface area contributed by atoms with Crippen LogP contribution in [-0.2, 0) is 4.74 Å². The monoisotopic (exact) mass is 344 g/mol. The number of rotatable bonds is 4. The first kappa shape index (κ1) is 18.1. The Balaban J connectivity index is 0.000000198. The highest BCUT2D eigenvalue weighted by Gasteiger charge is 2.17. The summed E-state index contributed by atoms with van der Waals surface area (Å²) in [6.07, 6.45) is 2.42. The van der Waals surface area contributed by atoms with Crippen LogP contribution in [0.2, 0.25) is 0 Å². The maximum atomic E-state index is 11.6. The molecule has 0 saturated carbocycles. The van der Waals surface area contributed by atoms with Gasteiger partial charge in [-0.05, 0) is 42.9 Å². The largest absolute Gasteiger partial charge is 0.478 e. The first-order valence-electron chi connectivity index (χ1n) is 7.79. The predicted octanol–water partition coefficient (Wildman–Crippen LogP) is 4.12. The second-order valence-electron chi connectivity index (χ2n) is 5.27. The van der Waals surface area contributed by atoms with Crippen molar-refractivity contribution in [3.63, 3.8) is 0 Å². The number of esters is 1. The van der Waals surface area contributed by atoms with Crippen molar-refractivity contribution in [2.45, 2.75) is 18.1 Å². The lowest BCUT2D eigenvalue weighted by Crippen LogP contribution is -2.13. The summed E-state index contributed by atoms with van der Waals surface area (Å²) in [6, 6.07) is 17.4. The van der Waals surface area contributed by atoms with E-state index in [0.717, 1.165) is 0 Å². The third kappa shape index (κ3) is 6.08. The molecule has 3 rings (SSSR count). The number of benzene rings is 2. The van der Waals surface area contributed by atoms with Crippen LogP contribution in [0.5, 0.6) is 0 Å². The summed E-state index contributed by atoms with van der Waals surface area (Å²) in [5.74, 6) is 0.117. The molecule has 0 aromatic heterocycles. The molecule has 0 unspecified atom stereocenters. The molecule has 0 amide bonds. The minimum Gasteiger partial charge on any atom is -0.478 e. The van der Waals surface area contributed by atoms with E-state index in [-0.39, 0.29) is 5.97 Å². The fourth-order valence-corrected chi connectivity index (χ4v) is 3.35. The Hall–Kier alpha value is -2.27. The Bertz CT molecular complexity index is 637. The van der Waals surface area contributed by atoms with Crippen molar-refractivity contribution in [2.75, 3.05) is 12.4 Å². The van der Waals surface area contributed by atoms with Gasteiger partial charge in [0.25, 0.3) is 0 Å². The molecule has 2 aromatic rings. The van der Waals surface area contributed by atoms with Crippen molar-refractivity contribution in [3.8, 4) is 0 Å². The minimum absolute atomic E-state index is 0.205. The third-order valence-corrected chi connectivity index (χ3v) is 4.82. The van der Waals surface area contributed by atoms with Crippen LogP contribution in [0.4, 0.5) is 0 Å². The molecular weight excluding hydrogens is 324 g/mol. The van der Waals surface area contributed by atoms with Crippen LogP contribution in [0, 0.1) is 0 Å². The number of hydrogen-bond donors (Lipinski definition) is 1. The fraction of sp³-hybridized carbons (Fsp3) is 0.263. The van der Waals surface area contributed by atoms with E-state index in [9.17, 15) is 9.59 Å². The molecule has 126 valence electrons. The Kier molecular flexibility index (Phi) is 7.36. The number of aromatic carboxylic acids is 1. The molecule has 1 fully saturated rings. The van der Waals surface area contributed by atoms with Crippen LogP contribution in [0.1, 0.15) is 33.6 Å². The number of hydrogen-bond acceptors (Lipinski definition) is 4. The smallest absolute Gasteiger partial charge is 0.338 e. The Morgan fingerprint density at radius 2 is 1.58 bits per heavy atom. The molecule has 0 spiro atoms. The van der Waals surface area contributed by atoms with Crippen molar-refractivity contribution < 1.29 is 19.4 Å². The minimum atomic E-state index is -0.879. The molecule has 1 heterocycles. The van der Waals surface area contributed by atoms with E-state index in [1.54, 1.807) is 42.5 Å². The van der Waals surface area contributed by atoms with Gasteiger partial charge in [0.2, 0.25) is 0 Å². The van der Waals surface area contributed by atoms with E-state index >= 15 is 0 Å². The highest BCUT2D eigenvalue weighted by Crippen LogP contribution is 2.26.